The Kier molecular flexibility index (Phi) is 3.27. The van der Waals surface area contributed by atoms with Crippen molar-refractivity contribution < 1.29 is 21.6 Å². The standard InChI is InChI=1S/C12H16O5S2/c1-4-11-12(17-11,18(3,13)14)19(15,16)10-7-5-9(2)6-8-10/h5-8,11H,4H2,1-3H3. The minimum atomic E-state index is -4.07. The first-order valence-electron chi connectivity index (χ1n) is 5.85. The molecule has 0 aliphatic carbocycles. The van der Waals surface area contributed by atoms with Crippen LogP contribution in [0.4, 0.5) is 0 Å². The molecule has 7 heteroatoms. The highest BCUT2D eigenvalue weighted by Crippen LogP contribution is 2.50. The van der Waals surface area contributed by atoms with Crippen LogP contribution < -0.4 is 0 Å². The molecule has 106 valence electrons. The van der Waals surface area contributed by atoms with E-state index in [9.17, 15) is 16.8 Å². The first kappa shape index (κ1) is 14.5. The molecule has 0 aromatic heterocycles. The fourth-order valence-corrected chi connectivity index (χ4v) is 6.54. The molecule has 1 fully saturated rings. The summed E-state index contributed by atoms with van der Waals surface area (Å²) in [5.41, 5.74) is 0.899. The Hall–Kier alpha value is -0.920. The predicted molar refractivity (Wildman–Crippen MR) is 71.1 cm³/mol. The number of rotatable bonds is 4. The average Bonchev–Trinajstić information content (AvgIpc) is 3.05. The van der Waals surface area contributed by atoms with E-state index < -0.39 is 30.0 Å². The van der Waals surface area contributed by atoms with Crippen molar-refractivity contribution in [2.24, 2.45) is 0 Å². The maximum absolute atomic E-state index is 12.5. The molecule has 1 aliphatic heterocycles. The molecule has 2 rings (SSSR count). The van der Waals surface area contributed by atoms with Crippen molar-refractivity contribution in [3.8, 4) is 0 Å². The van der Waals surface area contributed by atoms with Crippen LogP contribution in [0.15, 0.2) is 29.2 Å². The van der Waals surface area contributed by atoms with Crippen LogP contribution in [0.2, 0.25) is 0 Å². The van der Waals surface area contributed by atoms with Crippen LogP contribution in [0, 0.1) is 6.92 Å². The van der Waals surface area contributed by atoms with Gasteiger partial charge in [-0.2, -0.15) is 0 Å². The monoisotopic (exact) mass is 304 g/mol. The zero-order chi connectivity index (χ0) is 14.5. The first-order valence-corrected chi connectivity index (χ1v) is 9.23. The van der Waals surface area contributed by atoms with Gasteiger partial charge in [0.05, 0.1) is 4.90 Å². The van der Waals surface area contributed by atoms with Crippen molar-refractivity contribution in [3.05, 3.63) is 29.8 Å². The van der Waals surface area contributed by atoms with Crippen molar-refractivity contribution in [1.29, 1.82) is 0 Å². The summed E-state index contributed by atoms with van der Waals surface area (Å²) in [4.78, 5) is -0.0283. The van der Waals surface area contributed by atoms with Gasteiger partial charge in [0.2, 0.25) is 9.84 Å². The highest BCUT2D eigenvalue weighted by atomic mass is 32.3. The molecule has 1 heterocycles. The lowest BCUT2D eigenvalue weighted by Crippen LogP contribution is -2.36. The molecule has 0 bridgehead atoms. The van der Waals surface area contributed by atoms with Gasteiger partial charge in [-0.3, -0.25) is 0 Å². The third-order valence-corrected chi connectivity index (χ3v) is 8.20. The molecule has 5 nitrogen and oxygen atoms in total. The lowest BCUT2D eigenvalue weighted by Gasteiger charge is -2.12. The Morgan fingerprint density at radius 3 is 2.05 bits per heavy atom. The Balaban J connectivity index is 2.59. The highest BCUT2D eigenvalue weighted by molar-refractivity contribution is 8.10. The van der Waals surface area contributed by atoms with E-state index in [1.807, 2.05) is 6.92 Å². The summed E-state index contributed by atoms with van der Waals surface area (Å²) in [7, 11) is -7.95. The molecule has 1 aromatic carbocycles. The molecule has 1 aromatic rings. The van der Waals surface area contributed by atoms with E-state index in [2.05, 4.69) is 0 Å². The second-order valence-electron chi connectivity index (χ2n) is 4.71. The number of sulfone groups is 2. The van der Waals surface area contributed by atoms with Crippen LogP contribution in [0.25, 0.3) is 0 Å². The van der Waals surface area contributed by atoms with Gasteiger partial charge in [0.15, 0.2) is 9.84 Å². The number of aryl methyl sites for hydroxylation is 1. The smallest absolute Gasteiger partial charge is 0.301 e. The molecule has 0 amide bonds. The van der Waals surface area contributed by atoms with E-state index in [1.165, 1.54) is 12.1 Å². The molecule has 0 N–H and O–H groups in total. The maximum atomic E-state index is 12.5. The van der Waals surface area contributed by atoms with Crippen molar-refractivity contribution in [2.75, 3.05) is 6.26 Å². The fraction of sp³-hybridized carbons (Fsp3) is 0.500. The number of ether oxygens (including phenoxy) is 1. The molecule has 0 spiro atoms. The third kappa shape index (κ3) is 2.00. The quantitative estimate of drug-likeness (QED) is 0.783. The Morgan fingerprint density at radius 2 is 1.68 bits per heavy atom. The number of hydrogen-bond donors (Lipinski definition) is 0. The molecule has 2 unspecified atom stereocenters. The van der Waals surface area contributed by atoms with Gasteiger partial charge in [-0.25, -0.2) is 16.8 Å². The SMILES string of the molecule is CCC1OC1(S(C)(=O)=O)S(=O)(=O)c1ccc(C)cc1. The van der Waals surface area contributed by atoms with Gasteiger partial charge in [0.25, 0.3) is 0 Å². The molecule has 2 atom stereocenters. The summed E-state index contributed by atoms with van der Waals surface area (Å²) in [5.74, 6) is 0. The van der Waals surface area contributed by atoms with Crippen molar-refractivity contribution in [1.82, 2.24) is 0 Å². The fourth-order valence-electron chi connectivity index (χ4n) is 2.14. The van der Waals surface area contributed by atoms with E-state index in [0.29, 0.717) is 6.42 Å². The maximum Gasteiger partial charge on any atom is 0.301 e. The Labute approximate surface area is 113 Å². The van der Waals surface area contributed by atoms with Crippen LogP contribution in [0.1, 0.15) is 18.9 Å². The third-order valence-electron chi connectivity index (χ3n) is 3.24. The predicted octanol–water partition coefficient (Wildman–Crippen LogP) is 1.28. The van der Waals surface area contributed by atoms with Crippen molar-refractivity contribution in [2.45, 2.75) is 35.5 Å². The topological polar surface area (TPSA) is 80.8 Å². The zero-order valence-electron chi connectivity index (χ0n) is 11.0. The lowest BCUT2D eigenvalue weighted by atomic mass is 10.2. The van der Waals surface area contributed by atoms with Gasteiger partial charge in [0, 0.05) is 6.26 Å². The minimum Gasteiger partial charge on any atom is -0.336 e. The molecule has 1 aliphatic rings. The average molecular weight is 304 g/mol. The van der Waals surface area contributed by atoms with Gasteiger partial charge in [-0.1, -0.05) is 24.6 Å². The lowest BCUT2D eigenvalue weighted by molar-refractivity contribution is 0.372. The van der Waals surface area contributed by atoms with Gasteiger partial charge in [-0.05, 0) is 25.5 Å². The minimum absolute atomic E-state index is 0.0283. The van der Waals surface area contributed by atoms with Crippen LogP contribution >= 0.6 is 0 Å². The molecular formula is C12H16O5S2. The van der Waals surface area contributed by atoms with E-state index in [0.717, 1.165) is 11.8 Å². The summed E-state index contributed by atoms with van der Waals surface area (Å²) in [6.45, 7) is 3.52. The largest absolute Gasteiger partial charge is 0.336 e. The molecule has 0 saturated carbocycles. The first-order chi connectivity index (χ1) is 8.66. The normalized spacial score (nSPS) is 27.2. The van der Waals surface area contributed by atoms with Gasteiger partial charge < -0.3 is 4.74 Å². The number of hydrogen-bond acceptors (Lipinski definition) is 5. The molecule has 0 radical (unpaired) electrons. The van der Waals surface area contributed by atoms with Gasteiger partial charge in [0.1, 0.15) is 6.10 Å². The number of benzene rings is 1. The van der Waals surface area contributed by atoms with Crippen molar-refractivity contribution >= 4 is 19.7 Å². The Morgan fingerprint density at radius 1 is 1.16 bits per heavy atom. The summed E-state index contributed by atoms with van der Waals surface area (Å²) >= 11 is 0. The summed E-state index contributed by atoms with van der Waals surface area (Å²) in [6, 6.07) is 6.08. The van der Waals surface area contributed by atoms with E-state index >= 15 is 0 Å². The van der Waals surface area contributed by atoms with Crippen LogP contribution in [-0.2, 0) is 24.4 Å². The molecule has 19 heavy (non-hydrogen) atoms. The van der Waals surface area contributed by atoms with Crippen LogP contribution in [-0.4, -0.2) is 33.5 Å². The van der Waals surface area contributed by atoms with E-state index in [1.54, 1.807) is 19.1 Å². The Bertz CT molecular complexity index is 688. The zero-order valence-corrected chi connectivity index (χ0v) is 12.6. The summed E-state index contributed by atoms with van der Waals surface area (Å²) < 4.78 is 51.8. The highest BCUT2D eigenvalue weighted by Gasteiger charge is 2.73. The number of epoxide rings is 1. The van der Waals surface area contributed by atoms with Gasteiger partial charge >= 0.3 is 4.27 Å². The van der Waals surface area contributed by atoms with Crippen LogP contribution in [0.5, 0.6) is 0 Å². The molecule has 1 saturated heterocycles. The van der Waals surface area contributed by atoms with E-state index in [4.69, 9.17) is 4.74 Å². The van der Waals surface area contributed by atoms with E-state index in [-0.39, 0.29) is 4.90 Å². The summed E-state index contributed by atoms with van der Waals surface area (Å²) in [5, 5.41) is 0. The van der Waals surface area contributed by atoms with Crippen molar-refractivity contribution in [3.63, 3.8) is 0 Å². The van der Waals surface area contributed by atoms with Gasteiger partial charge in [-0.15, -0.1) is 0 Å². The second kappa shape index (κ2) is 4.29. The van der Waals surface area contributed by atoms with Crippen LogP contribution in [0.3, 0.4) is 0 Å². The molecular weight excluding hydrogens is 288 g/mol. The summed E-state index contributed by atoms with van der Waals surface area (Å²) in [6.07, 6.45) is 0.431. The second-order valence-corrected chi connectivity index (χ2v) is 9.20.